The number of rotatable bonds is 30. The smallest absolute Gasteiger partial charge is 0.309 e. The van der Waals surface area contributed by atoms with Crippen molar-refractivity contribution in [1.82, 2.24) is 0 Å². The van der Waals surface area contributed by atoms with Gasteiger partial charge in [-0.15, -0.1) is 0 Å². The van der Waals surface area contributed by atoms with Crippen LogP contribution in [0.5, 0.6) is 17.2 Å². The Labute approximate surface area is 497 Å². The predicted molar refractivity (Wildman–Crippen MR) is 328 cm³/mol. The SMILES string of the molecule is CCCOCC(=O)CC(CSSC(C)(C)CN(CCOCCOCCOC)c1cc(COc2cc3c(cc2C)C(=O)N2c4ccccc4C[C@H]2CC3)cc(COc2cc3c(cc2OC)C(=O)N2c4ccccc4C[C@H]2CN3C)c1)C(=O)OC. The maximum atomic E-state index is 14.5. The van der Waals surface area contributed by atoms with Crippen LogP contribution in [0.1, 0.15) is 94.1 Å². The molecule has 0 aliphatic carbocycles. The molecule has 4 heterocycles. The van der Waals surface area contributed by atoms with Crippen LogP contribution in [-0.2, 0) is 65.7 Å². The highest BCUT2D eigenvalue weighted by atomic mass is 33.1. The molecule has 9 rings (SSSR count). The summed E-state index contributed by atoms with van der Waals surface area (Å²) in [5.74, 6) is 0.835. The van der Waals surface area contributed by atoms with Crippen molar-refractivity contribution in [3.8, 4) is 17.2 Å². The van der Waals surface area contributed by atoms with Gasteiger partial charge in [0.25, 0.3) is 11.8 Å². The lowest BCUT2D eigenvalue weighted by molar-refractivity contribution is -0.146. The first-order chi connectivity index (χ1) is 40.2. The molecule has 18 heteroatoms. The van der Waals surface area contributed by atoms with Crippen LogP contribution in [0.2, 0.25) is 0 Å². The molecule has 0 saturated carbocycles. The number of para-hydroxylation sites is 2. The Morgan fingerprint density at radius 1 is 0.711 bits per heavy atom. The third-order valence-corrected chi connectivity index (χ3v) is 19.0. The average Bonchev–Trinajstić information content (AvgIpc) is 4.21. The fourth-order valence-electron chi connectivity index (χ4n) is 11.6. The fourth-order valence-corrected chi connectivity index (χ4v) is 14.4. The molecule has 1 unspecified atom stereocenters. The Bertz CT molecular complexity index is 3100. The topological polar surface area (TPSA) is 155 Å². The predicted octanol–water partition coefficient (Wildman–Crippen LogP) is 10.5. The molecule has 2 amide bonds. The van der Waals surface area contributed by atoms with Crippen molar-refractivity contribution in [2.45, 2.75) is 96.3 Å². The quantitative estimate of drug-likeness (QED) is 0.0243. The fraction of sp³-hybridized carbons (Fsp3) is 0.477. The molecule has 83 heavy (non-hydrogen) atoms. The Morgan fingerprint density at radius 2 is 1.36 bits per heavy atom. The second-order valence-corrected chi connectivity index (χ2v) is 25.5. The lowest BCUT2D eigenvalue weighted by Gasteiger charge is -2.34. The summed E-state index contributed by atoms with van der Waals surface area (Å²) in [6.07, 6.45) is 4.07. The summed E-state index contributed by atoms with van der Waals surface area (Å²) in [6, 6.07) is 30.6. The van der Waals surface area contributed by atoms with Crippen molar-refractivity contribution < 1.29 is 57.1 Å². The third-order valence-electron chi connectivity index (χ3n) is 15.6. The van der Waals surface area contributed by atoms with E-state index in [0.29, 0.717) is 93.4 Å². The van der Waals surface area contributed by atoms with E-state index in [9.17, 15) is 19.2 Å². The number of carbonyl (C=O) groups excluding carboxylic acids is 4. The Morgan fingerprint density at radius 3 is 2.05 bits per heavy atom. The van der Waals surface area contributed by atoms with Crippen molar-refractivity contribution in [3.05, 3.63) is 136 Å². The van der Waals surface area contributed by atoms with E-state index in [4.69, 9.17) is 37.9 Å². The van der Waals surface area contributed by atoms with Gasteiger partial charge in [-0.2, -0.15) is 0 Å². The first kappa shape index (κ1) is 61.3. The lowest BCUT2D eigenvalue weighted by Crippen LogP contribution is -2.41. The van der Waals surface area contributed by atoms with Crippen LogP contribution in [0.25, 0.3) is 0 Å². The summed E-state index contributed by atoms with van der Waals surface area (Å²) in [6.45, 7) is 13.1. The van der Waals surface area contributed by atoms with Gasteiger partial charge in [-0.1, -0.05) is 64.9 Å². The zero-order valence-corrected chi connectivity index (χ0v) is 51.0. The van der Waals surface area contributed by atoms with Crippen molar-refractivity contribution in [1.29, 1.82) is 0 Å². The van der Waals surface area contributed by atoms with Gasteiger partial charge in [-0.05, 0) is 135 Å². The number of hydrogen-bond acceptors (Lipinski definition) is 16. The number of anilines is 4. The maximum Gasteiger partial charge on any atom is 0.309 e. The number of ketones is 1. The molecule has 5 aromatic rings. The molecule has 0 N–H and O–H groups in total. The van der Waals surface area contributed by atoms with E-state index in [1.54, 1.807) is 41.9 Å². The van der Waals surface area contributed by atoms with Gasteiger partial charge in [0.1, 0.15) is 25.6 Å². The molecule has 444 valence electrons. The van der Waals surface area contributed by atoms with Crippen molar-refractivity contribution in [2.75, 3.05) is 120 Å². The maximum absolute atomic E-state index is 14.5. The molecular weight excluding hydrogens is 1090 g/mol. The Balaban J connectivity index is 0.998. The zero-order valence-electron chi connectivity index (χ0n) is 49.3. The van der Waals surface area contributed by atoms with Gasteiger partial charge in [0.15, 0.2) is 17.3 Å². The molecule has 0 fully saturated rings. The van der Waals surface area contributed by atoms with Crippen LogP contribution < -0.4 is 33.8 Å². The van der Waals surface area contributed by atoms with E-state index in [1.807, 2.05) is 73.2 Å². The highest BCUT2D eigenvalue weighted by Gasteiger charge is 2.40. The van der Waals surface area contributed by atoms with E-state index in [-0.39, 0.29) is 55.9 Å². The minimum Gasteiger partial charge on any atom is -0.493 e. The van der Waals surface area contributed by atoms with E-state index >= 15 is 0 Å². The average molecular weight is 1170 g/mol. The van der Waals surface area contributed by atoms with Gasteiger partial charge >= 0.3 is 5.97 Å². The summed E-state index contributed by atoms with van der Waals surface area (Å²) < 4.78 is 46.9. The second kappa shape index (κ2) is 28.5. The minimum atomic E-state index is -0.617. The van der Waals surface area contributed by atoms with Gasteiger partial charge in [-0.25, -0.2) is 0 Å². The number of ether oxygens (including phenoxy) is 8. The largest absolute Gasteiger partial charge is 0.493 e. The summed E-state index contributed by atoms with van der Waals surface area (Å²) >= 11 is 0. The van der Waals surface area contributed by atoms with Crippen LogP contribution in [0.15, 0.2) is 91.0 Å². The molecule has 0 bridgehead atoms. The van der Waals surface area contributed by atoms with Gasteiger partial charge < -0.3 is 57.5 Å². The van der Waals surface area contributed by atoms with Crippen molar-refractivity contribution >= 4 is 67.9 Å². The van der Waals surface area contributed by atoms with Crippen LogP contribution in [0.4, 0.5) is 22.7 Å². The molecule has 3 atom stereocenters. The number of likely N-dealkylation sites (N-methyl/N-ethyl adjacent to an activating group) is 1. The molecule has 4 aliphatic heterocycles. The number of fused-ring (bicyclic) bond motifs is 8. The normalized spacial score (nSPS) is 16.5. The molecule has 16 nitrogen and oxygen atoms in total. The van der Waals surface area contributed by atoms with Crippen LogP contribution in [-0.4, -0.2) is 140 Å². The van der Waals surface area contributed by atoms with E-state index < -0.39 is 16.6 Å². The number of aryl methyl sites for hydroxylation is 2. The summed E-state index contributed by atoms with van der Waals surface area (Å²) in [5.41, 5.74) is 10.9. The summed E-state index contributed by atoms with van der Waals surface area (Å²) in [5, 5.41) is 0. The minimum absolute atomic E-state index is 0.0170. The van der Waals surface area contributed by atoms with Gasteiger partial charge in [0, 0.05) is 92.1 Å². The van der Waals surface area contributed by atoms with Gasteiger partial charge in [0.2, 0.25) is 0 Å². The van der Waals surface area contributed by atoms with Crippen molar-refractivity contribution in [2.24, 2.45) is 5.92 Å². The first-order valence-electron chi connectivity index (χ1n) is 28.8. The molecule has 0 spiro atoms. The highest BCUT2D eigenvalue weighted by molar-refractivity contribution is 8.77. The summed E-state index contributed by atoms with van der Waals surface area (Å²) in [7, 11) is 9.80. The number of Topliss-reactive ketones (excluding diaryl/α,β-unsaturated/α-hetero) is 1. The third kappa shape index (κ3) is 15.0. The monoisotopic (exact) mass is 1170 g/mol. The van der Waals surface area contributed by atoms with Crippen molar-refractivity contribution in [3.63, 3.8) is 0 Å². The Kier molecular flexibility index (Phi) is 21.1. The molecular formula is C65H80N4O12S2. The Hall–Kier alpha value is -6.28. The lowest BCUT2D eigenvalue weighted by atomic mass is 9.98. The number of esters is 1. The van der Waals surface area contributed by atoms with Crippen LogP contribution >= 0.6 is 21.6 Å². The molecule has 4 aliphatic rings. The number of methoxy groups -OCH3 is 3. The van der Waals surface area contributed by atoms with Crippen LogP contribution in [0, 0.1) is 12.8 Å². The number of hydrogen-bond donors (Lipinski definition) is 0. The van der Waals surface area contributed by atoms with E-state index in [1.165, 1.54) is 12.7 Å². The van der Waals surface area contributed by atoms with E-state index in [0.717, 1.165) is 82.7 Å². The molecule has 0 radical (unpaired) electrons. The van der Waals surface area contributed by atoms with Gasteiger partial charge in [0.05, 0.1) is 70.5 Å². The zero-order chi connectivity index (χ0) is 58.6. The number of nitrogens with zero attached hydrogens (tertiary/aromatic N) is 4. The number of amides is 2. The first-order valence-corrected chi connectivity index (χ1v) is 31.2. The van der Waals surface area contributed by atoms with Gasteiger partial charge in [-0.3, -0.25) is 19.2 Å². The molecule has 0 aromatic heterocycles. The number of carbonyl (C=O) groups is 4. The highest BCUT2D eigenvalue weighted by Crippen LogP contribution is 2.44. The van der Waals surface area contributed by atoms with E-state index in [2.05, 4.69) is 66.1 Å². The second-order valence-electron chi connectivity index (χ2n) is 22.4. The molecule has 0 saturated heterocycles. The molecule has 5 aromatic carbocycles. The number of benzene rings is 5. The summed E-state index contributed by atoms with van der Waals surface area (Å²) in [4.78, 5) is 63.0. The standard InChI is InChI=1S/C65H80N4O12S2/c1-9-21-79-40-53(70)33-49(64(73)76-8)41-82-83-65(3,4)42-67(20-22-77-25-26-78-24-23-74-6)51-29-44(38-80-59-34-46-18-19-50-31-47-14-10-12-16-56(47)68(50)62(71)54(46)27-43(59)2)28-45(30-51)39-81-61-36-58-55(35-60(61)75-7)63(72)69-52(37-66(58)5)32-48-15-11-13-17-57(48)69/h10-17,27-30,34-36,49-50,52H,9,18-26,31-33,37-42H2,1-8H3/t49?,50-,52+/m1/s1. The van der Waals surface area contributed by atoms with Crippen LogP contribution in [0.3, 0.4) is 0 Å².